The molecule has 0 bridgehead atoms. The van der Waals surface area contributed by atoms with Crippen molar-refractivity contribution in [2.45, 2.75) is 5.79 Å². The van der Waals surface area contributed by atoms with Crippen molar-refractivity contribution in [3.05, 3.63) is 21.1 Å². The summed E-state index contributed by atoms with van der Waals surface area (Å²) in [5.74, 6) is -7.09. The summed E-state index contributed by atoms with van der Waals surface area (Å²) in [6.07, 6.45) is 0. The third-order valence-electron chi connectivity index (χ3n) is 1.61. The summed E-state index contributed by atoms with van der Waals surface area (Å²) in [6.45, 7) is 0. The Bertz CT molecular complexity index is 370. The number of aliphatic imine (C=N–C) groups is 1. The number of hydrogen-bond donors (Lipinski definition) is 0. The molecule has 0 amide bonds. The van der Waals surface area contributed by atoms with Gasteiger partial charge in [-0.05, 0) is 22.6 Å². The average molecular weight is 289 g/mol. The molecule has 1 atom stereocenters. The fraction of sp³-hybridized carbons (Fsp3) is 0.167. The summed E-state index contributed by atoms with van der Waals surface area (Å²) >= 11 is 1.26. The summed E-state index contributed by atoms with van der Waals surface area (Å²) < 4.78 is 50.3. The Hall–Kier alpha value is -0.400. The number of hydrogen-bond acceptors (Lipinski definition) is 1. The normalized spacial score (nSPS) is 33.6. The average Bonchev–Trinajstić information content (AvgIpc) is 2.72. The molecule has 1 nitrogen and oxygen atoms in total. The predicted molar refractivity (Wildman–Crippen MR) is 42.7 cm³/mol. The van der Waals surface area contributed by atoms with Crippen molar-refractivity contribution in [3.8, 4) is 0 Å². The topological polar surface area (TPSA) is 12.4 Å². The Labute approximate surface area is 78.0 Å². The van der Waals surface area contributed by atoms with Gasteiger partial charge in [-0.3, -0.25) is 0 Å². The van der Waals surface area contributed by atoms with E-state index in [0.29, 0.717) is 0 Å². The lowest BCUT2D eigenvalue weighted by Gasteiger charge is -2.09. The van der Waals surface area contributed by atoms with E-state index in [-0.39, 0.29) is 0 Å². The van der Waals surface area contributed by atoms with Gasteiger partial charge in [-0.2, -0.15) is 0 Å². The zero-order valence-corrected chi connectivity index (χ0v) is 7.49. The number of alkyl halides is 1. The van der Waals surface area contributed by atoms with E-state index < -0.39 is 32.6 Å². The van der Waals surface area contributed by atoms with E-state index in [1.807, 2.05) is 0 Å². The molecule has 2 aliphatic rings. The lowest BCUT2D eigenvalue weighted by Crippen LogP contribution is -2.18. The highest BCUT2D eigenvalue weighted by molar-refractivity contribution is 14.1. The molecule has 1 heterocycles. The van der Waals surface area contributed by atoms with E-state index in [1.165, 1.54) is 22.6 Å². The van der Waals surface area contributed by atoms with E-state index in [2.05, 4.69) is 4.99 Å². The summed E-state index contributed by atoms with van der Waals surface area (Å²) in [5, 5.41) is 0. The zero-order valence-electron chi connectivity index (χ0n) is 5.34. The van der Waals surface area contributed by atoms with Crippen molar-refractivity contribution in [2.75, 3.05) is 0 Å². The van der Waals surface area contributed by atoms with Crippen molar-refractivity contribution in [1.29, 1.82) is 0 Å². The van der Waals surface area contributed by atoms with Gasteiger partial charge in [0.15, 0.2) is 11.7 Å². The van der Waals surface area contributed by atoms with Gasteiger partial charge in [0.2, 0.25) is 5.83 Å². The van der Waals surface area contributed by atoms with Crippen LogP contribution in [-0.2, 0) is 0 Å². The van der Waals surface area contributed by atoms with Crippen LogP contribution < -0.4 is 0 Å². The first-order valence-corrected chi connectivity index (χ1v) is 3.97. The molecule has 12 heavy (non-hydrogen) atoms. The Morgan fingerprint density at radius 3 is 2.33 bits per heavy atom. The number of nitrogens with zero attached hydrogens (tertiary/aromatic N) is 1. The molecular weight excluding hydrogens is 289 g/mol. The van der Waals surface area contributed by atoms with Crippen LogP contribution in [0.3, 0.4) is 0 Å². The lowest BCUT2D eigenvalue weighted by atomic mass is 10.1. The Morgan fingerprint density at radius 2 is 1.75 bits per heavy atom. The molecule has 64 valence electrons. The minimum Gasteiger partial charge on any atom is -0.229 e. The van der Waals surface area contributed by atoms with Gasteiger partial charge in [-0.25, -0.2) is 22.6 Å². The minimum atomic E-state index is -2.83. The maximum absolute atomic E-state index is 12.9. The highest BCUT2D eigenvalue weighted by Crippen LogP contribution is 2.50. The van der Waals surface area contributed by atoms with Crippen LogP contribution in [-0.4, -0.2) is 11.5 Å². The number of allylic oxidation sites excluding steroid dienone is 2. The smallest absolute Gasteiger partial charge is 0.229 e. The van der Waals surface area contributed by atoms with Gasteiger partial charge in [0.1, 0.15) is 5.71 Å². The third kappa shape index (κ3) is 0.758. The van der Waals surface area contributed by atoms with Crippen LogP contribution in [0.5, 0.6) is 0 Å². The second kappa shape index (κ2) is 2.09. The fourth-order valence-corrected chi connectivity index (χ4v) is 1.41. The van der Waals surface area contributed by atoms with Gasteiger partial charge in [-0.1, -0.05) is 0 Å². The molecule has 0 aromatic carbocycles. The molecule has 6 heteroatoms. The molecule has 2 rings (SSSR count). The van der Waals surface area contributed by atoms with Gasteiger partial charge in [-0.15, -0.1) is 0 Å². The van der Waals surface area contributed by atoms with Gasteiger partial charge in [0.05, 0.1) is 3.58 Å². The molecular formula is C6F4IN. The molecule has 0 fully saturated rings. The molecule has 0 saturated carbocycles. The zero-order chi connectivity index (χ0) is 9.09. The Kier molecular flexibility index (Phi) is 1.43. The van der Waals surface area contributed by atoms with Crippen LogP contribution in [0, 0.1) is 0 Å². The standard InChI is InChI=1S/C6F4IN/c7-1-3(11)2(8)5-6(10,12-5)4(1)9. The maximum Gasteiger partial charge on any atom is 0.300 e. The number of rotatable bonds is 0. The monoisotopic (exact) mass is 289 g/mol. The van der Waals surface area contributed by atoms with E-state index in [4.69, 9.17) is 0 Å². The number of fused-ring (bicyclic) bond motifs is 1. The highest BCUT2D eigenvalue weighted by Gasteiger charge is 2.60. The first-order chi connectivity index (χ1) is 5.48. The van der Waals surface area contributed by atoms with Crippen LogP contribution in [0.4, 0.5) is 17.6 Å². The highest BCUT2D eigenvalue weighted by atomic mass is 127. The van der Waals surface area contributed by atoms with Crippen molar-refractivity contribution in [3.63, 3.8) is 0 Å². The molecule has 1 aliphatic heterocycles. The van der Waals surface area contributed by atoms with Crippen LogP contribution in [0.15, 0.2) is 26.1 Å². The summed E-state index contributed by atoms with van der Waals surface area (Å²) in [5.41, 5.74) is -0.647. The fourth-order valence-electron chi connectivity index (χ4n) is 0.916. The molecule has 0 N–H and O–H groups in total. The second-order valence-electron chi connectivity index (χ2n) is 2.34. The van der Waals surface area contributed by atoms with Crippen molar-refractivity contribution < 1.29 is 17.6 Å². The Morgan fingerprint density at radius 1 is 1.17 bits per heavy atom. The van der Waals surface area contributed by atoms with Crippen LogP contribution in [0.1, 0.15) is 0 Å². The first-order valence-electron chi connectivity index (χ1n) is 2.89. The molecule has 0 radical (unpaired) electrons. The largest absolute Gasteiger partial charge is 0.300 e. The number of halogens is 5. The predicted octanol–water partition coefficient (Wildman–Crippen LogP) is 2.89. The van der Waals surface area contributed by atoms with Crippen LogP contribution >= 0.6 is 22.6 Å². The quantitative estimate of drug-likeness (QED) is 0.369. The molecule has 0 saturated heterocycles. The van der Waals surface area contributed by atoms with Gasteiger partial charge in [0.25, 0.3) is 5.79 Å². The first kappa shape index (κ1) is 8.21. The molecule has 0 spiro atoms. The van der Waals surface area contributed by atoms with Crippen molar-refractivity contribution in [2.24, 2.45) is 4.99 Å². The minimum absolute atomic E-state index is 0.561. The summed E-state index contributed by atoms with van der Waals surface area (Å²) in [4.78, 5) is 2.89. The van der Waals surface area contributed by atoms with Crippen LogP contribution in [0.2, 0.25) is 0 Å². The van der Waals surface area contributed by atoms with Crippen LogP contribution in [0.25, 0.3) is 0 Å². The molecule has 0 aromatic heterocycles. The Balaban J connectivity index is 2.60. The van der Waals surface area contributed by atoms with Crippen molar-refractivity contribution in [1.82, 2.24) is 0 Å². The van der Waals surface area contributed by atoms with E-state index in [1.54, 1.807) is 0 Å². The van der Waals surface area contributed by atoms with Gasteiger partial charge in [0, 0.05) is 0 Å². The van der Waals surface area contributed by atoms with Gasteiger partial charge >= 0.3 is 0 Å². The lowest BCUT2D eigenvalue weighted by molar-refractivity contribution is 0.301. The second-order valence-corrected chi connectivity index (χ2v) is 3.42. The van der Waals surface area contributed by atoms with E-state index in [0.717, 1.165) is 0 Å². The SMILES string of the molecule is FC1=C(I)C(F)=C(F)C2(F)N=C12. The maximum atomic E-state index is 12.9. The molecule has 1 unspecified atom stereocenters. The van der Waals surface area contributed by atoms with E-state index >= 15 is 0 Å². The summed E-state index contributed by atoms with van der Waals surface area (Å²) in [7, 11) is 0. The molecule has 1 aliphatic carbocycles. The third-order valence-corrected chi connectivity index (χ3v) is 2.55. The molecule has 0 aromatic rings. The van der Waals surface area contributed by atoms with E-state index in [9.17, 15) is 17.6 Å². The van der Waals surface area contributed by atoms with Gasteiger partial charge < -0.3 is 0 Å². The van der Waals surface area contributed by atoms with Crippen molar-refractivity contribution >= 4 is 28.3 Å². The summed E-state index contributed by atoms with van der Waals surface area (Å²) in [6, 6.07) is 0.